The molecule has 0 heterocycles. The number of rotatable bonds is 1. The van der Waals surface area contributed by atoms with Gasteiger partial charge < -0.3 is 10.5 Å². The van der Waals surface area contributed by atoms with E-state index in [9.17, 15) is 4.79 Å². The molecule has 1 rings (SSSR count). The summed E-state index contributed by atoms with van der Waals surface area (Å²) >= 11 is 0. The summed E-state index contributed by atoms with van der Waals surface area (Å²) in [7, 11) is 1.39. The highest BCUT2D eigenvalue weighted by Gasteiger charge is 2.32. The number of ether oxygens (including phenoxy) is 1. The van der Waals surface area contributed by atoms with E-state index in [1.807, 2.05) is 0 Å². The molecule has 1 fully saturated rings. The molecule has 0 bridgehead atoms. The average molecular weight is 155 g/mol. The number of esters is 1. The smallest absolute Gasteiger partial charge is 0.310 e. The highest BCUT2D eigenvalue weighted by Crippen LogP contribution is 2.28. The summed E-state index contributed by atoms with van der Waals surface area (Å²) in [6, 6.07) is -0.0880. The molecule has 0 aromatic heterocycles. The van der Waals surface area contributed by atoms with Crippen LogP contribution in [-0.4, -0.2) is 19.1 Å². The van der Waals surface area contributed by atoms with E-state index in [0.29, 0.717) is 6.42 Å². The van der Waals surface area contributed by atoms with Gasteiger partial charge in [-0.1, -0.05) is 12.2 Å². The van der Waals surface area contributed by atoms with E-state index in [-0.39, 0.29) is 17.9 Å². The molecule has 1 saturated carbocycles. The molecule has 0 aromatic carbocycles. The Hall–Kier alpha value is -0.830. The summed E-state index contributed by atoms with van der Waals surface area (Å²) in [4.78, 5) is 11.0. The van der Waals surface area contributed by atoms with Crippen molar-refractivity contribution in [1.82, 2.24) is 0 Å². The van der Waals surface area contributed by atoms with Crippen LogP contribution in [0.15, 0.2) is 12.2 Å². The van der Waals surface area contributed by atoms with Crippen molar-refractivity contribution in [3.8, 4) is 0 Å². The summed E-state index contributed by atoms with van der Waals surface area (Å²) in [5.74, 6) is -0.372. The van der Waals surface area contributed by atoms with Crippen molar-refractivity contribution in [2.24, 2.45) is 11.7 Å². The predicted molar refractivity (Wildman–Crippen MR) is 41.9 cm³/mol. The van der Waals surface area contributed by atoms with Gasteiger partial charge in [0.15, 0.2) is 0 Å². The zero-order chi connectivity index (χ0) is 8.43. The fourth-order valence-corrected chi connectivity index (χ4v) is 1.43. The molecule has 0 aromatic rings. The van der Waals surface area contributed by atoms with Crippen molar-refractivity contribution in [3.05, 3.63) is 12.2 Å². The van der Waals surface area contributed by atoms with E-state index in [0.717, 1.165) is 12.0 Å². The van der Waals surface area contributed by atoms with Crippen molar-refractivity contribution >= 4 is 5.97 Å². The standard InChI is InChI=1S/C8H13NO2/c1-5-3-6(7(9)4-5)8(10)11-2/h6-7H,1,3-4,9H2,2H3/t6-,7+/m1/s1. The summed E-state index contributed by atoms with van der Waals surface area (Å²) < 4.78 is 4.59. The summed E-state index contributed by atoms with van der Waals surface area (Å²) in [5.41, 5.74) is 6.73. The van der Waals surface area contributed by atoms with E-state index < -0.39 is 0 Å². The normalized spacial score (nSPS) is 30.5. The fraction of sp³-hybridized carbons (Fsp3) is 0.625. The second kappa shape index (κ2) is 3.05. The highest BCUT2D eigenvalue weighted by molar-refractivity contribution is 5.74. The third kappa shape index (κ3) is 1.60. The van der Waals surface area contributed by atoms with Gasteiger partial charge in [0.25, 0.3) is 0 Å². The molecule has 2 N–H and O–H groups in total. The van der Waals surface area contributed by atoms with Crippen LogP contribution >= 0.6 is 0 Å². The van der Waals surface area contributed by atoms with Gasteiger partial charge in [0.1, 0.15) is 0 Å². The number of nitrogens with two attached hydrogens (primary N) is 1. The van der Waals surface area contributed by atoms with Crippen LogP contribution in [0.1, 0.15) is 12.8 Å². The topological polar surface area (TPSA) is 52.3 Å². The molecule has 0 unspecified atom stereocenters. The zero-order valence-electron chi connectivity index (χ0n) is 6.67. The van der Waals surface area contributed by atoms with Gasteiger partial charge in [-0.05, 0) is 12.8 Å². The monoisotopic (exact) mass is 155 g/mol. The number of hydrogen-bond acceptors (Lipinski definition) is 3. The number of methoxy groups -OCH3 is 1. The second-order valence-electron chi connectivity index (χ2n) is 2.95. The average Bonchev–Trinajstić information content (AvgIpc) is 2.28. The largest absolute Gasteiger partial charge is 0.469 e. The Kier molecular flexibility index (Phi) is 2.29. The Morgan fingerprint density at radius 2 is 2.36 bits per heavy atom. The van der Waals surface area contributed by atoms with Crippen LogP contribution in [0.5, 0.6) is 0 Å². The Balaban J connectivity index is 2.59. The van der Waals surface area contributed by atoms with Gasteiger partial charge in [-0.2, -0.15) is 0 Å². The molecule has 62 valence electrons. The van der Waals surface area contributed by atoms with E-state index in [2.05, 4.69) is 11.3 Å². The van der Waals surface area contributed by atoms with Crippen molar-refractivity contribution in [2.75, 3.05) is 7.11 Å². The van der Waals surface area contributed by atoms with Crippen molar-refractivity contribution in [2.45, 2.75) is 18.9 Å². The van der Waals surface area contributed by atoms with Crippen LogP contribution < -0.4 is 5.73 Å². The first-order valence-electron chi connectivity index (χ1n) is 3.65. The van der Waals surface area contributed by atoms with E-state index in [1.165, 1.54) is 7.11 Å². The lowest BCUT2D eigenvalue weighted by Crippen LogP contribution is -2.31. The first-order chi connectivity index (χ1) is 5.15. The van der Waals surface area contributed by atoms with Gasteiger partial charge in [-0.25, -0.2) is 0 Å². The minimum Gasteiger partial charge on any atom is -0.469 e. The molecule has 1 aliphatic carbocycles. The lowest BCUT2D eigenvalue weighted by Gasteiger charge is -2.10. The molecule has 3 heteroatoms. The molecule has 0 spiro atoms. The number of carbonyl (C=O) groups is 1. The summed E-state index contributed by atoms with van der Waals surface area (Å²) in [6.07, 6.45) is 1.44. The highest BCUT2D eigenvalue weighted by atomic mass is 16.5. The Bertz CT molecular complexity index is 189. The third-order valence-electron chi connectivity index (χ3n) is 2.05. The maximum Gasteiger partial charge on any atom is 0.310 e. The van der Waals surface area contributed by atoms with Gasteiger partial charge >= 0.3 is 5.97 Å². The maximum atomic E-state index is 11.0. The maximum absolute atomic E-state index is 11.0. The lowest BCUT2D eigenvalue weighted by molar-refractivity contribution is -0.145. The van der Waals surface area contributed by atoms with Crippen LogP contribution in [-0.2, 0) is 9.53 Å². The van der Waals surface area contributed by atoms with E-state index in [4.69, 9.17) is 5.73 Å². The third-order valence-corrected chi connectivity index (χ3v) is 2.05. The number of carbonyl (C=O) groups excluding carboxylic acids is 1. The van der Waals surface area contributed by atoms with Crippen LogP contribution in [0, 0.1) is 5.92 Å². The van der Waals surface area contributed by atoms with Crippen LogP contribution in [0.3, 0.4) is 0 Å². The van der Waals surface area contributed by atoms with Gasteiger partial charge in [0.05, 0.1) is 13.0 Å². The second-order valence-corrected chi connectivity index (χ2v) is 2.95. The van der Waals surface area contributed by atoms with E-state index >= 15 is 0 Å². The van der Waals surface area contributed by atoms with E-state index in [1.54, 1.807) is 0 Å². The minimum atomic E-state index is -0.212. The molecule has 0 aliphatic heterocycles. The predicted octanol–water partition coefficient (Wildman–Crippen LogP) is 0.453. The minimum absolute atomic E-state index is 0.0880. The molecule has 1 aliphatic rings. The van der Waals surface area contributed by atoms with Crippen molar-refractivity contribution < 1.29 is 9.53 Å². The van der Waals surface area contributed by atoms with Gasteiger partial charge in [0, 0.05) is 6.04 Å². The Morgan fingerprint density at radius 3 is 2.73 bits per heavy atom. The molecule has 2 atom stereocenters. The summed E-state index contributed by atoms with van der Waals surface area (Å²) in [5, 5.41) is 0. The van der Waals surface area contributed by atoms with Crippen LogP contribution in [0.2, 0.25) is 0 Å². The molecule has 11 heavy (non-hydrogen) atoms. The van der Waals surface area contributed by atoms with Crippen LogP contribution in [0.25, 0.3) is 0 Å². The summed E-state index contributed by atoms with van der Waals surface area (Å²) in [6.45, 7) is 3.78. The zero-order valence-corrected chi connectivity index (χ0v) is 6.67. The van der Waals surface area contributed by atoms with Crippen molar-refractivity contribution in [1.29, 1.82) is 0 Å². The molecular formula is C8H13NO2. The molecule has 0 amide bonds. The quantitative estimate of drug-likeness (QED) is 0.442. The molecule has 0 radical (unpaired) electrons. The first-order valence-corrected chi connectivity index (χ1v) is 3.65. The van der Waals surface area contributed by atoms with Crippen LogP contribution in [0.4, 0.5) is 0 Å². The van der Waals surface area contributed by atoms with Gasteiger partial charge in [-0.15, -0.1) is 0 Å². The van der Waals surface area contributed by atoms with Gasteiger partial charge in [-0.3, -0.25) is 4.79 Å². The molecule has 0 saturated heterocycles. The fourth-order valence-electron chi connectivity index (χ4n) is 1.43. The SMILES string of the molecule is C=C1C[C@H](N)[C@H](C(=O)OC)C1. The first kappa shape index (κ1) is 8.27. The molecule has 3 nitrogen and oxygen atoms in total. The molecular weight excluding hydrogens is 142 g/mol. The lowest BCUT2D eigenvalue weighted by atomic mass is 10.1. The van der Waals surface area contributed by atoms with Gasteiger partial charge in [0.2, 0.25) is 0 Å². The number of hydrogen-bond donors (Lipinski definition) is 1. The van der Waals surface area contributed by atoms with Crippen molar-refractivity contribution in [3.63, 3.8) is 0 Å². The Morgan fingerprint density at radius 1 is 1.73 bits per heavy atom. The Labute approximate surface area is 66.2 Å².